The molecule has 0 saturated heterocycles. The van der Waals surface area contributed by atoms with Crippen molar-refractivity contribution in [2.24, 2.45) is 5.10 Å². The Balaban J connectivity index is 2.52. The molecule has 0 aromatic heterocycles. The van der Waals surface area contributed by atoms with Crippen LogP contribution in [-0.2, 0) is 0 Å². The van der Waals surface area contributed by atoms with Gasteiger partial charge < -0.3 is 15.2 Å². The first-order chi connectivity index (χ1) is 8.49. The number of hydrazone groups is 1. The van der Waals surface area contributed by atoms with Gasteiger partial charge in [0.2, 0.25) is 0 Å². The smallest absolute Gasteiger partial charge is 0.187 e. The molecule has 18 heavy (non-hydrogen) atoms. The first-order valence-electron chi connectivity index (χ1n) is 5.40. The van der Waals surface area contributed by atoms with Crippen molar-refractivity contribution in [1.29, 1.82) is 0 Å². The molecule has 0 aliphatic rings. The van der Waals surface area contributed by atoms with Crippen LogP contribution in [0, 0.1) is 0 Å². The van der Waals surface area contributed by atoms with Crippen molar-refractivity contribution in [2.45, 2.75) is 19.9 Å². The Bertz CT molecular complexity index is 455. The molecule has 0 unspecified atom stereocenters. The van der Waals surface area contributed by atoms with Gasteiger partial charge in [0.1, 0.15) is 0 Å². The van der Waals surface area contributed by atoms with E-state index >= 15 is 0 Å². The van der Waals surface area contributed by atoms with E-state index in [9.17, 15) is 9.90 Å². The summed E-state index contributed by atoms with van der Waals surface area (Å²) in [6, 6.07) is 6.43. The van der Waals surface area contributed by atoms with Gasteiger partial charge in [-0.25, -0.2) is 0 Å². The number of nitrogens with one attached hydrogen (secondary N) is 2. The standard InChI is InChI=1S/C12H15N3O2S/c1-8(2)14-12(18)15-13-7-9-3-5-10(6-4-9)11(16)17/h3-8H,1-2H3,(H,16,17)(H2,14,15,18)/p-1/b13-7-. The Morgan fingerprint density at radius 3 is 2.50 bits per heavy atom. The van der Waals surface area contributed by atoms with Gasteiger partial charge in [-0.15, -0.1) is 0 Å². The average Bonchev–Trinajstić information content (AvgIpc) is 2.28. The quantitative estimate of drug-likeness (QED) is 0.463. The van der Waals surface area contributed by atoms with E-state index in [0.717, 1.165) is 5.56 Å². The fraction of sp³-hybridized carbons (Fsp3) is 0.250. The topological polar surface area (TPSA) is 76.5 Å². The molecule has 0 saturated carbocycles. The predicted molar refractivity (Wildman–Crippen MR) is 72.4 cm³/mol. The maximum Gasteiger partial charge on any atom is 0.187 e. The molecular weight excluding hydrogens is 250 g/mol. The van der Waals surface area contributed by atoms with Gasteiger partial charge in [-0.1, -0.05) is 24.3 Å². The zero-order valence-electron chi connectivity index (χ0n) is 10.1. The molecule has 0 amide bonds. The van der Waals surface area contributed by atoms with Crippen molar-refractivity contribution < 1.29 is 9.90 Å². The Kier molecular flexibility index (Phi) is 5.26. The summed E-state index contributed by atoms with van der Waals surface area (Å²) in [6.45, 7) is 3.94. The third kappa shape index (κ3) is 4.92. The van der Waals surface area contributed by atoms with Gasteiger partial charge in [0.05, 0.1) is 12.2 Å². The van der Waals surface area contributed by atoms with E-state index in [2.05, 4.69) is 15.8 Å². The van der Waals surface area contributed by atoms with Crippen LogP contribution in [0.5, 0.6) is 0 Å². The number of aromatic carboxylic acids is 1. The lowest BCUT2D eigenvalue weighted by atomic mass is 10.1. The molecule has 0 atom stereocenters. The summed E-state index contributed by atoms with van der Waals surface area (Å²) in [4.78, 5) is 10.5. The molecule has 0 spiro atoms. The number of nitrogens with zero attached hydrogens (tertiary/aromatic N) is 1. The van der Waals surface area contributed by atoms with Crippen molar-refractivity contribution in [1.82, 2.24) is 10.7 Å². The van der Waals surface area contributed by atoms with Crippen molar-refractivity contribution in [3.8, 4) is 0 Å². The van der Waals surface area contributed by atoms with Crippen molar-refractivity contribution in [3.63, 3.8) is 0 Å². The first kappa shape index (κ1) is 14.1. The zero-order chi connectivity index (χ0) is 13.5. The van der Waals surface area contributed by atoms with Crippen LogP contribution in [0.4, 0.5) is 0 Å². The van der Waals surface area contributed by atoms with E-state index in [4.69, 9.17) is 12.2 Å². The number of hydrogen-bond donors (Lipinski definition) is 2. The van der Waals surface area contributed by atoms with Gasteiger partial charge in [-0.05, 0) is 37.2 Å². The molecule has 96 valence electrons. The zero-order valence-corrected chi connectivity index (χ0v) is 11.0. The molecule has 0 heterocycles. The minimum absolute atomic E-state index is 0.136. The van der Waals surface area contributed by atoms with E-state index in [1.807, 2.05) is 13.8 Å². The van der Waals surface area contributed by atoms with Gasteiger partial charge in [0, 0.05) is 6.04 Å². The van der Waals surface area contributed by atoms with Crippen LogP contribution >= 0.6 is 12.2 Å². The SMILES string of the molecule is CC(C)NC(=S)N/N=C\c1ccc(C(=O)[O-])cc1. The number of hydrogen-bond acceptors (Lipinski definition) is 4. The molecule has 6 heteroatoms. The van der Waals surface area contributed by atoms with E-state index in [1.165, 1.54) is 12.1 Å². The Labute approximate surface area is 111 Å². The first-order valence-corrected chi connectivity index (χ1v) is 5.81. The highest BCUT2D eigenvalue weighted by molar-refractivity contribution is 7.80. The average molecular weight is 264 g/mol. The number of rotatable bonds is 4. The molecule has 5 nitrogen and oxygen atoms in total. The van der Waals surface area contributed by atoms with Crippen LogP contribution in [0.1, 0.15) is 29.8 Å². The molecule has 0 radical (unpaired) electrons. The number of carboxylic acid groups (broad SMARTS) is 1. The second kappa shape index (κ2) is 6.70. The molecule has 0 aliphatic heterocycles. The summed E-state index contributed by atoms with van der Waals surface area (Å²) in [5.41, 5.74) is 3.56. The fourth-order valence-electron chi connectivity index (χ4n) is 1.17. The van der Waals surface area contributed by atoms with Gasteiger partial charge in [0.15, 0.2) is 5.11 Å². The molecule has 0 aliphatic carbocycles. The Hall–Kier alpha value is -1.95. The summed E-state index contributed by atoms with van der Waals surface area (Å²) < 4.78 is 0. The maximum absolute atomic E-state index is 10.5. The van der Waals surface area contributed by atoms with Crippen molar-refractivity contribution >= 4 is 29.5 Å². The molecule has 0 fully saturated rings. The lowest BCUT2D eigenvalue weighted by Gasteiger charge is -2.09. The van der Waals surface area contributed by atoms with Gasteiger partial charge in [-0.3, -0.25) is 5.43 Å². The normalized spacial score (nSPS) is 10.6. The molecule has 1 rings (SSSR count). The number of thiocarbonyl (C=S) groups is 1. The van der Waals surface area contributed by atoms with E-state index in [1.54, 1.807) is 18.3 Å². The molecule has 0 bridgehead atoms. The second-order valence-corrected chi connectivity index (χ2v) is 4.32. The highest BCUT2D eigenvalue weighted by Gasteiger charge is 1.95. The van der Waals surface area contributed by atoms with Crippen LogP contribution < -0.4 is 15.8 Å². The van der Waals surface area contributed by atoms with Crippen molar-refractivity contribution in [3.05, 3.63) is 35.4 Å². The van der Waals surface area contributed by atoms with Crippen molar-refractivity contribution in [2.75, 3.05) is 0 Å². The summed E-state index contributed by atoms with van der Waals surface area (Å²) in [7, 11) is 0. The van der Waals surface area contributed by atoms with Gasteiger partial charge in [-0.2, -0.15) is 5.10 Å². The predicted octanol–water partition coefficient (Wildman–Crippen LogP) is 0.256. The van der Waals surface area contributed by atoms with E-state index in [0.29, 0.717) is 5.11 Å². The van der Waals surface area contributed by atoms with Gasteiger partial charge in [0.25, 0.3) is 0 Å². The minimum atomic E-state index is -1.20. The van der Waals surface area contributed by atoms with E-state index in [-0.39, 0.29) is 11.6 Å². The van der Waals surface area contributed by atoms with Crippen LogP contribution in [0.15, 0.2) is 29.4 Å². The highest BCUT2D eigenvalue weighted by atomic mass is 32.1. The molecular formula is C12H14N3O2S-. The Morgan fingerprint density at radius 1 is 1.39 bits per heavy atom. The molecule has 1 aromatic rings. The van der Waals surface area contributed by atoms with Crippen LogP contribution in [0.25, 0.3) is 0 Å². The summed E-state index contributed by atoms with van der Waals surface area (Å²) >= 11 is 4.98. The largest absolute Gasteiger partial charge is 0.545 e. The molecule has 2 N–H and O–H groups in total. The minimum Gasteiger partial charge on any atom is -0.545 e. The number of carbonyl (C=O) groups is 1. The lowest BCUT2D eigenvalue weighted by molar-refractivity contribution is -0.255. The number of carbonyl (C=O) groups excluding carboxylic acids is 1. The van der Waals surface area contributed by atoms with Crippen LogP contribution in [0.3, 0.4) is 0 Å². The third-order valence-corrected chi connectivity index (χ3v) is 2.16. The van der Waals surface area contributed by atoms with E-state index < -0.39 is 5.97 Å². The van der Waals surface area contributed by atoms with Crippen LogP contribution in [0.2, 0.25) is 0 Å². The maximum atomic E-state index is 10.5. The summed E-state index contributed by atoms with van der Waals surface area (Å²) in [5, 5.41) is 17.9. The monoisotopic (exact) mass is 264 g/mol. The summed E-state index contributed by atoms with van der Waals surface area (Å²) in [6.07, 6.45) is 1.55. The van der Waals surface area contributed by atoms with Crippen LogP contribution in [-0.4, -0.2) is 23.3 Å². The Morgan fingerprint density at radius 2 is 2.00 bits per heavy atom. The fourth-order valence-corrected chi connectivity index (χ4v) is 1.45. The third-order valence-electron chi connectivity index (χ3n) is 1.95. The lowest BCUT2D eigenvalue weighted by Crippen LogP contribution is -2.36. The highest BCUT2D eigenvalue weighted by Crippen LogP contribution is 2.00. The summed E-state index contributed by atoms with van der Waals surface area (Å²) in [5.74, 6) is -1.20. The molecule has 1 aromatic carbocycles. The number of benzene rings is 1. The number of carboxylic acids is 1. The van der Waals surface area contributed by atoms with Gasteiger partial charge >= 0.3 is 0 Å². The second-order valence-electron chi connectivity index (χ2n) is 3.91.